The van der Waals surface area contributed by atoms with Gasteiger partial charge >= 0.3 is 0 Å². The number of carbonyl (C=O) groups excluding carboxylic acids is 1. The lowest BCUT2D eigenvalue weighted by Gasteiger charge is -2.33. The van der Waals surface area contributed by atoms with Crippen molar-refractivity contribution in [1.82, 2.24) is 9.88 Å². The summed E-state index contributed by atoms with van der Waals surface area (Å²) in [7, 11) is 0. The van der Waals surface area contributed by atoms with Crippen LogP contribution in [0.1, 0.15) is 43.5 Å². The number of amides is 1. The van der Waals surface area contributed by atoms with Crippen LogP contribution in [0.15, 0.2) is 12.3 Å². The third kappa shape index (κ3) is 3.03. The van der Waals surface area contributed by atoms with Gasteiger partial charge in [-0.25, -0.2) is 9.37 Å². The fourth-order valence-electron chi connectivity index (χ4n) is 2.47. The Morgan fingerprint density at radius 1 is 1.58 bits per heavy atom. The molecular formula is C14H20FN3O. The van der Waals surface area contributed by atoms with Gasteiger partial charge in [-0.05, 0) is 39.2 Å². The van der Waals surface area contributed by atoms with Gasteiger partial charge in [0.2, 0.25) is 0 Å². The molecule has 19 heavy (non-hydrogen) atoms. The summed E-state index contributed by atoms with van der Waals surface area (Å²) < 4.78 is 13.4. The summed E-state index contributed by atoms with van der Waals surface area (Å²) in [5, 5.41) is 3.01. The Hall–Kier alpha value is -1.65. The molecule has 0 radical (unpaired) electrons. The second kappa shape index (κ2) is 5.99. The van der Waals surface area contributed by atoms with Gasteiger partial charge in [0.1, 0.15) is 11.6 Å². The first-order valence-electron chi connectivity index (χ1n) is 6.84. The van der Waals surface area contributed by atoms with Crippen molar-refractivity contribution < 1.29 is 9.18 Å². The third-order valence-electron chi connectivity index (χ3n) is 3.49. The molecule has 0 bridgehead atoms. The third-order valence-corrected chi connectivity index (χ3v) is 3.49. The van der Waals surface area contributed by atoms with Crippen LogP contribution < -0.4 is 5.32 Å². The highest BCUT2D eigenvalue weighted by Crippen LogP contribution is 2.22. The average Bonchev–Trinajstić information content (AvgIpc) is 2.41. The summed E-state index contributed by atoms with van der Waals surface area (Å²) in [6.07, 6.45) is 4.29. The number of nitrogens with one attached hydrogen (secondary N) is 1. The number of rotatable bonds is 3. The minimum atomic E-state index is -0.477. The van der Waals surface area contributed by atoms with Crippen LogP contribution in [0.3, 0.4) is 0 Å². The van der Waals surface area contributed by atoms with E-state index in [2.05, 4.69) is 10.3 Å². The maximum absolute atomic E-state index is 13.4. The first kappa shape index (κ1) is 13.8. The summed E-state index contributed by atoms with van der Waals surface area (Å²) >= 11 is 0. The van der Waals surface area contributed by atoms with Gasteiger partial charge in [-0.1, -0.05) is 0 Å². The zero-order valence-electron chi connectivity index (χ0n) is 11.4. The molecule has 2 heterocycles. The number of aromatic nitrogens is 1. The van der Waals surface area contributed by atoms with Crippen molar-refractivity contribution in [3.05, 3.63) is 23.6 Å². The van der Waals surface area contributed by atoms with Crippen LogP contribution in [0.5, 0.6) is 0 Å². The molecule has 1 aliphatic heterocycles. The Balaban J connectivity index is 2.28. The molecule has 0 aliphatic carbocycles. The van der Waals surface area contributed by atoms with Crippen LogP contribution in [0, 0.1) is 5.82 Å². The Morgan fingerprint density at radius 2 is 2.37 bits per heavy atom. The number of hydrogen-bond acceptors (Lipinski definition) is 3. The van der Waals surface area contributed by atoms with E-state index in [0.717, 1.165) is 32.0 Å². The predicted molar refractivity (Wildman–Crippen MR) is 72.7 cm³/mol. The van der Waals surface area contributed by atoms with Crippen LogP contribution in [0.4, 0.5) is 10.2 Å². The quantitative estimate of drug-likeness (QED) is 0.914. The van der Waals surface area contributed by atoms with E-state index in [4.69, 9.17) is 0 Å². The topological polar surface area (TPSA) is 45.2 Å². The molecule has 1 saturated heterocycles. The summed E-state index contributed by atoms with van der Waals surface area (Å²) in [5.74, 6) is -0.142. The lowest BCUT2D eigenvalue weighted by molar-refractivity contribution is 0.0635. The van der Waals surface area contributed by atoms with E-state index in [1.165, 1.54) is 6.07 Å². The van der Waals surface area contributed by atoms with Crippen LogP contribution in [0.2, 0.25) is 0 Å². The maximum atomic E-state index is 13.4. The zero-order valence-corrected chi connectivity index (χ0v) is 11.4. The molecule has 1 aromatic rings. The van der Waals surface area contributed by atoms with Crippen LogP contribution in [-0.2, 0) is 0 Å². The molecule has 1 unspecified atom stereocenters. The first-order valence-corrected chi connectivity index (χ1v) is 6.84. The number of anilines is 1. The Bertz CT molecular complexity index is 464. The van der Waals surface area contributed by atoms with Crippen molar-refractivity contribution in [1.29, 1.82) is 0 Å². The number of halogens is 1. The normalized spacial score (nSPS) is 19.3. The molecule has 1 amide bonds. The number of pyridine rings is 1. The van der Waals surface area contributed by atoms with E-state index < -0.39 is 5.82 Å². The minimum Gasteiger partial charge on any atom is -0.370 e. The maximum Gasteiger partial charge on any atom is 0.257 e. The van der Waals surface area contributed by atoms with Crippen LogP contribution in [-0.4, -0.2) is 34.9 Å². The first-order chi connectivity index (χ1) is 9.13. The van der Waals surface area contributed by atoms with E-state index in [1.54, 1.807) is 0 Å². The van der Waals surface area contributed by atoms with E-state index in [0.29, 0.717) is 17.9 Å². The predicted octanol–water partition coefficient (Wildman–Crippen LogP) is 2.67. The largest absolute Gasteiger partial charge is 0.370 e. The van der Waals surface area contributed by atoms with Crippen LogP contribution >= 0.6 is 0 Å². The number of piperidine rings is 1. The fraction of sp³-hybridized carbons (Fsp3) is 0.571. The van der Waals surface area contributed by atoms with Gasteiger partial charge < -0.3 is 10.2 Å². The van der Waals surface area contributed by atoms with Gasteiger partial charge in [0.05, 0.1) is 11.8 Å². The molecule has 5 heteroatoms. The number of hydrogen-bond donors (Lipinski definition) is 1. The van der Waals surface area contributed by atoms with E-state index in [-0.39, 0.29) is 11.9 Å². The van der Waals surface area contributed by atoms with Crippen molar-refractivity contribution in [2.24, 2.45) is 0 Å². The molecular weight excluding hydrogens is 245 g/mol. The SMILES string of the molecule is CCNc1ncc(F)cc1C(=O)N1CCCCC1C. The summed E-state index contributed by atoms with van der Waals surface area (Å²) in [6.45, 7) is 5.34. The standard InChI is InChI=1S/C14H20FN3O/c1-3-16-13-12(8-11(15)9-17-13)14(19)18-7-5-4-6-10(18)2/h8-10H,3-7H2,1-2H3,(H,16,17). The summed E-state index contributed by atoms with van der Waals surface area (Å²) in [5.41, 5.74) is 0.329. The van der Waals surface area contributed by atoms with E-state index >= 15 is 0 Å². The highest BCUT2D eigenvalue weighted by atomic mass is 19.1. The molecule has 2 rings (SSSR count). The monoisotopic (exact) mass is 265 g/mol. The van der Waals surface area contributed by atoms with E-state index in [9.17, 15) is 9.18 Å². The average molecular weight is 265 g/mol. The lowest BCUT2D eigenvalue weighted by atomic mass is 10.0. The smallest absolute Gasteiger partial charge is 0.257 e. The van der Waals surface area contributed by atoms with Gasteiger partial charge in [-0.2, -0.15) is 0 Å². The van der Waals surface area contributed by atoms with Crippen LogP contribution in [0.25, 0.3) is 0 Å². The number of nitrogens with zero attached hydrogens (tertiary/aromatic N) is 2. The van der Waals surface area contributed by atoms with Crippen molar-refractivity contribution in [3.63, 3.8) is 0 Å². The Kier molecular flexibility index (Phi) is 4.35. The van der Waals surface area contributed by atoms with Crippen molar-refractivity contribution in [2.75, 3.05) is 18.4 Å². The van der Waals surface area contributed by atoms with Gasteiger partial charge in [0, 0.05) is 19.1 Å². The van der Waals surface area contributed by atoms with Crippen molar-refractivity contribution >= 4 is 11.7 Å². The summed E-state index contributed by atoms with van der Waals surface area (Å²) in [6, 6.07) is 1.48. The van der Waals surface area contributed by atoms with Crippen molar-refractivity contribution in [3.8, 4) is 0 Å². The molecule has 0 spiro atoms. The highest BCUT2D eigenvalue weighted by Gasteiger charge is 2.26. The van der Waals surface area contributed by atoms with Gasteiger partial charge in [0.25, 0.3) is 5.91 Å². The second-order valence-electron chi connectivity index (χ2n) is 4.92. The molecule has 1 fully saturated rings. The molecule has 1 aromatic heterocycles. The minimum absolute atomic E-state index is 0.129. The second-order valence-corrected chi connectivity index (χ2v) is 4.92. The molecule has 0 saturated carbocycles. The van der Waals surface area contributed by atoms with Crippen molar-refractivity contribution in [2.45, 2.75) is 39.2 Å². The Morgan fingerprint density at radius 3 is 3.05 bits per heavy atom. The zero-order chi connectivity index (χ0) is 13.8. The summed E-state index contributed by atoms with van der Waals surface area (Å²) in [4.78, 5) is 18.3. The van der Waals surface area contributed by atoms with Gasteiger partial charge in [-0.3, -0.25) is 4.79 Å². The molecule has 1 aliphatic rings. The number of likely N-dealkylation sites (tertiary alicyclic amines) is 1. The lowest BCUT2D eigenvalue weighted by Crippen LogP contribution is -2.42. The molecule has 4 nitrogen and oxygen atoms in total. The molecule has 0 aromatic carbocycles. The Labute approximate surface area is 113 Å². The molecule has 104 valence electrons. The molecule has 1 atom stereocenters. The van der Waals surface area contributed by atoms with Gasteiger partial charge in [-0.15, -0.1) is 0 Å². The fourth-order valence-corrected chi connectivity index (χ4v) is 2.47. The van der Waals surface area contributed by atoms with E-state index in [1.807, 2.05) is 18.7 Å². The number of carbonyl (C=O) groups is 1. The van der Waals surface area contributed by atoms with Gasteiger partial charge in [0.15, 0.2) is 0 Å². The highest BCUT2D eigenvalue weighted by molar-refractivity contribution is 5.99. The molecule has 1 N–H and O–H groups in total.